The average Bonchev–Trinajstić information content (AvgIpc) is 2.10. The smallest absolute Gasteiger partial charge is 0.0372 e. The molecule has 0 aliphatic rings. The molecule has 0 radical (unpaired) electrons. The summed E-state index contributed by atoms with van der Waals surface area (Å²) in [6, 6.07) is 4.23. The first kappa shape index (κ1) is 13.2. The number of nitrogens with zero attached hydrogens (tertiary/aromatic N) is 1. The Morgan fingerprint density at radius 2 is 1.71 bits per heavy atom. The number of aryl methyl sites for hydroxylation is 1. The minimum Gasteiger partial charge on any atom is -0.261 e. The number of pyridine rings is 1. The van der Waals surface area contributed by atoms with Crippen molar-refractivity contribution in [2.75, 3.05) is 0 Å². The zero-order valence-electron chi connectivity index (χ0n) is 10.4. The SMILES string of the molecule is CC.Cc1ccc(CC(C)(C)C)cn1. The lowest BCUT2D eigenvalue weighted by molar-refractivity contribution is 0.410. The quantitative estimate of drug-likeness (QED) is 0.657. The summed E-state index contributed by atoms with van der Waals surface area (Å²) < 4.78 is 0. The van der Waals surface area contributed by atoms with Crippen LogP contribution >= 0.6 is 0 Å². The molecule has 0 aliphatic heterocycles. The molecule has 0 aliphatic carbocycles. The normalized spacial score (nSPS) is 10.4. The van der Waals surface area contributed by atoms with Crippen LogP contribution in [0.4, 0.5) is 0 Å². The van der Waals surface area contributed by atoms with E-state index in [1.807, 2.05) is 27.0 Å². The molecule has 1 nitrogen and oxygen atoms in total. The van der Waals surface area contributed by atoms with Gasteiger partial charge in [-0.15, -0.1) is 0 Å². The van der Waals surface area contributed by atoms with Gasteiger partial charge < -0.3 is 0 Å². The van der Waals surface area contributed by atoms with E-state index in [-0.39, 0.29) is 0 Å². The van der Waals surface area contributed by atoms with E-state index < -0.39 is 0 Å². The van der Waals surface area contributed by atoms with Crippen LogP contribution in [-0.4, -0.2) is 4.98 Å². The Morgan fingerprint density at radius 3 is 2.07 bits per heavy atom. The maximum atomic E-state index is 4.26. The molecule has 1 heterocycles. The topological polar surface area (TPSA) is 12.9 Å². The zero-order valence-corrected chi connectivity index (χ0v) is 10.4. The molecule has 80 valence electrons. The second-order valence-corrected chi connectivity index (χ2v) is 4.55. The van der Waals surface area contributed by atoms with E-state index in [0.29, 0.717) is 5.41 Å². The minimum atomic E-state index is 0.358. The molecule has 14 heavy (non-hydrogen) atoms. The largest absolute Gasteiger partial charge is 0.261 e. The number of aromatic nitrogens is 1. The number of rotatable bonds is 1. The Balaban J connectivity index is 0.000000791. The molecule has 0 saturated carbocycles. The zero-order chi connectivity index (χ0) is 11.2. The highest BCUT2D eigenvalue weighted by molar-refractivity contribution is 5.14. The van der Waals surface area contributed by atoms with Crippen LogP contribution in [0.3, 0.4) is 0 Å². The van der Waals surface area contributed by atoms with Gasteiger partial charge in [-0.3, -0.25) is 4.98 Å². The summed E-state index contributed by atoms with van der Waals surface area (Å²) in [5.41, 5.74) is 2.78. The van der Waals surface area contributed by atoms with Crippen molar-refractivity contribution in [1.29, 1.82) is 0 Å². The lowest BCUT2D eigenvalue weighted by Crippen LogP contribution is -2.09. The molecule has 0 bridgehead atoms. The average molecular weight is 193 g/mol. The number of hydrogen-bond donors (Lipinski definition) is 0. The van der Waals surface area contributed by atoms with Crippen molar-refractivity contribution in [3.63, 3.8) is 0 Å². The van der Waals surface area contributed by atoms with Crippen LogP contribution in [-0.2, 0) is 6.42 Å². The highest BCUT2D eigenvalue weighted by Gasteiger charge is 2.10. The first-order valence-electron chi connectivity index (χ1n) is 5.39. The van der Waals surface area contributed by atoms with Crippen LogP contribution in [0.5, 0.6) is 0 Å². The Morgan fingerprint density at radius 1 is 1.14 bits per heavy atom. The van der Waals surface area contributed by atoms with Crippen LogP contribution in [0, 0.1) is 12.3 Å². The highest BCUT2D eigenvalue weighted by atomic mass is 14.7. The van der Waals surface area contributed by atoms with Gasteiger partial charge in [-0.25, -0.2) is 0 Å². The molecule has 1 rings (SSSR count). The Labute approximate surface area is 88.6 Å². The summed E-state index contributed by atoms with van der Waals surface area (Å²) in [6.07, 6.45) is 3.07. The van der Waals surface area contributed by atoms with Crippen LogP contribution in [0.1, 0.15) is 45.9 Å². The van der Waals surface area contributed by atoms with E-state index in [1.54, 1.807) is 0 Å². The maximum absolute atomic E-state index is 4.26. The predicted octanol–water partition coefficient (Wildman–Crippen LogP) is 4.00. The molecule has 1 aromatic heterocycles. The fourth-order valence-corrected chi connectivity index (χ4v) is 1.22. The van der Waals surface area contributed by atoms with Gasteiger partial charge in [-0.1, -0.05) is 40.7 Å². The third-order valence-corrected chi connectivity index (χ3v) is 1.71. The van der Waals surface area contributed by atoms with Crippen molar-refractivity contribution in [3.05, 3.63) is 29.6 Å². The van der Waals surface area contributed by atoms with Gasteiger partial charge >= 0.3 is 0 Å². The third-order valence-electron chi connectivity index (χ3n) is 1.71. The summed E-state index contributed by atoms with van der Waals surface area (Å²) >= 11 is 0. The molecule has 0 aromatic carbocycles. The maximum Gasteiger partial charge on any atom is 0.0372 e. The van der Waals surface area contributed by atoms with Crippen LogP contribution < -0.4 is 0 Å². The summed E-state index contributed by atoms with van der Waals surface area (Å²) in [6.45, 7) is 12.7. The van der Waals surface area contributed by atoms with E-state index in [1.165, 1.54) is 5.56 Å². The minimum absolute atomic E-state index is 0.358. The highest BCUT2D eigenvalue weighted by Crippen LogP contribution is 2.19. The summed E-state index contributed by atoms with van der Waals surface area (Å²) in [4.78, 5) is 4.26. The Hall–Kier alpha value is -0.850. The fraction of sp³-hybridized carbons (Fsp3) is 0.615. The predicted molar refractivity (Wildman–Crippen MR) is 63.5 cm³/mol. The standard InChI is InChI=1S/C11H17N.C2H6/c1-9-5-6-10(8-12-9)7-11(2,3)4;1-2/h5-6,8H,7H2,1-4H3;1-2H3. The molecule has 0 amide bonds. The van der Waals surface area contributed by atoms with E-state index in [2.05, 4.69) is 37.9 Å². The van der Waals surface area contributed by atoms with Crippen molar-refractivity contribution >= 4 is 0 Å². The van der Waals surface area contributed by atoms with Gasteiger partial charge in [-0.05, 0) is 30.4 Å². The molecule has 1 aromatic rings. The molecule has 0 atom stereocenters. The van der Waals surface area contributed by atoms with Crippen molar-refractivity contribution in [1.82, 2.24) is 4.98 Å². The summed E-state index contributed by atoms with van der Waals surface area (Å²) in [5.74, 6) is 0. The van der Waals surface area contributed by atoms with Crippen molar-refractivity contribution in [2.24, 2.45) is 5.41 Å². The van der Waals surface area contributed by atoms with Crippen LogP contribution in [0.25, 0.3) is 0 Å². The van der Waals surface area contributed by atoms with Gasteiger partial charge in [0.05, 0.1) is 0 Å². The second kappa shape index (κ2) is 5.79. The van der Waals surface area contributed by atoms with Gasteiger partial charge in [-0.2, -0.15) is 0 Å². The second-order valence-electron chi connectivity index (χ2n) is 4.55. The van der Waals surface area contributed by atoms with Gasteiger partial charge in [0.2, 0.25) is 0 Å². The van der Waals surface area contributed by atoms with Gasteiger partial charge in [0.25, 0.3) is 0 Å². The van der Waals surface area contributed by atoms with Crippen molar-refractivity contribution in [2.45, 2.75) is 48.0 Å². The van der Waals surface area contributed by atoms with E-state index in [4.69, 9.17) is 0 Å². The van der Waals surface area contributed by atoms with E-state index in [9.17, 15) is 0 Å². The van der Waals surface area contributed by atoms with Crippen molar-refractivity contribution in [3.8, 4) is 0 Å². The Kier molecular flexibility index (Phi) is 5.44. The molecule has 1 heteroatoms. The fourth-order valence-electron chi connectivity index (χ4n) is 1.22. The van der Waals surface area contributed by atoms with Gasteiger partial charge in [0.15, 0.2) is 0 Å². The molecule has 0 N–H and O–H groups in total. The lowest BCUT2D eigenvalue weighted by atomic mass is 9.89. The van der Waals surface area contributed by atoms with Crippen LogP contribution in [0.15, 0.2) is 18.3 Å². The summed E-state index contributed by atoms with van der Waals surface area (Å²) in [5, 5.41) is 0. The van der Waals surface area contributed by atoms with E-state index >= 15 is 0 Å². The number of hydrogen-bond acceptors (Lipinski definition) is 1. The molecular weight excluding hydrogens is 170 g/mol. The van der Waals surface area contributed by atoms with Gasteiger partial charge in [0.1, 0.15) is 0 Å². The first-order valence-corrected chi connectivity index (χ1v) is 5.39. The lowest BCUT2D eigenvalue weighted by Gasteiger charge is -2.17. The molecule has 0 spiro atoms. The van der Waals surface area contributed by atoms with Gasteiger partial charge in [0, 0.05) is 11.9 Å². The molecular formula is C13H23N. The Bertz CT molecular complexity index is 241. The third kappa shape index (κ3) is 5.74. The summed E-state index contributed by atoms with van der Waals surface area (Å²) in [7, 11) is 0. The molecule has 0 saturated heterocycles. The van der Waals surface area contributed by atoms with E-state index in [0.717, 1.165) is 12.1 Å². The molecule has 0 unspecified atom stereocenters. The first-order chi connectivity index (χ1) is 6.47. The monoisotopic (exact) mass is 193 g/mol. The van der Waals surface area contributed by atoms with Crippen molar-refractivity contribution < 1.29 is 0 Å². The van der Waals surface area contributed by atoms with Crippen LogP contribution in [0.2, 0.25) is 0 Å². The molecule has 0 fully saturated rings.